The van der Waals surface area contributed by atoms with Gasteiger partial charge in [0.1, 0.15) is 7.20 Å². The largest absolute Gasteiger partial charge is 0.313 e. The molecule has 2 bridgehead atoms. The molecule has 0 radical (unpaired) electrons. The van der Waals surface area contributed by atoms with Crippen molar-refractivity contribution in [2.45, 2.75) is 18.9 Å². The molecule has 1 N–H and O–H groups in total. The zero-order chi connectivity index (χ0) is 6.43. The van der Waals surface area contributed by atoms with Crippen LogP contribution >= 0.6 is 0 Å². The van der Waals surface area contributed by atoms with Crippen molar-refractivity contribution in [2.75, 3.05) is 6.54 Å². The molecule has 1 saturated carbocycles. The molecule has 2 nitrogen and oxygen atoms in total. The third-order valence-electron chi connectivity index (χ3n) is 2.03. The summed E-state index contributed by atoms with van der Waals surface area (Å²) in [6.45, 7) is 0.684. The SMILES string of the molecule is [2H]N1C[C@H]2C[C@@H]1CC2=O. The van der Waals surface area contributed by atoms with Crippen LogP contribution in [0.5, 0.6) is 0 Å². The molecule has 0 amide bonds. The van der Waals surface area contributed by atoms with E-state index in [1.54, 1.807) is 5.31 Å². The average molecular weight is 112 g/mol. The van der Waals surface area contributed by atoms with E-state index in [2.05, 4.69) is 0 Å². The Hall–Kier alpha value is -0.370. The highest BCUT2D eigenvalue weighted by molar-refractivity contribution is 5.85. The number of hydrogen-bond acceptors (Lipinski definition) is 2. The number of carbonyl (C=O) groups is 1. The monoisotopic (exact) mass is 112 g/mol. The second-order valence-electron chi connectivity index (χ2n) is 2.62. The van der Waals surface area contributed by atoms with Gasteiger partial charge in [-0.15, -0.1) is 0 Å². The van der Waals surface area contributed by atoms with Crippen molar-refractivity contribution in [3.8, 4) is 0 Å². The minimum atomic E-state index is 0.215. The maximum absolute atomic E-state index is 10.9. The maximum Gasteiger partial charge on any atom is 0.138 e. The summed E-state index contributed by atoms with van der Waals surface area (Å²) in [4.78, 5) is 10.9. The molecule has 1 aliphatic carbocycles. The highest BCUT2D eigenvalue weighted by Gasteiger charge is 2.37. The van der Waals surface area contributed by atoms with Crippen LogP contribution in [-0.4, -0.2) is 18.4 Å². The molecular weight excluding hydrogens is 102 g/mol. The fraction of sp³-hybridized carbons (Fsp3) is 0.833. The lowest BCUT2D eigenvalue weighted by atomic mass is 10.1. The van der Waals surface area contributed by atoms with Crippen LogP contribution in [0.3, 0.4) is 0 Å². The Morgan fingerprint density at radius 1 is 1.88 bits per heavy atom. The summed E-state index contributed by atoms with van der Waals surface area (Å²) in [5.41, 5.74) is 0. The molecule has 0 aromatic heterocycles. The minimum Gasteiger partial charge on any atom is -0.313 e. The van der Waals surface area contributed by atoms with Crippen molar-refractivity contribution in [3.63, 3.8) is 0 Å². The van der Waals surface area contributed by atoms with E-state index in [-0.39, 0.29) is 12.0 Å². The van der Waals surface area contributed by atoms with Crippen LogP contribution in [0.25, 0.3) is 0 Å². The molecule has 2 rings (SSSR count). The summed E-state index contributed by atoms with van der Waals surface area (Å²) in [5, 5.41) is 1.55. The molecular formula is C6H9NO. The van der Waals surface area contributed by atoms with Crippen LogP contribution in [-0.2, 0) is 4.79 Å². The Kier molecular flexibility index (Phi) is 0.596. The molecule has 2 heteroatoms. The maximum atomic E-state index is 10.9. The zero-order valence-corrected chi connectivity index (χ0v) is 4.63. The Morgan fingerprint density at radius 2 is 2.75 bits per heavy atom. The zero-order valence-electron chi connectivity index (χ0n) is 5.63. The van der Waals surface area contributed by atoms with Crippen LogP contribution in [0.1, 0.15) is 12.8 Å². The van der Waals surface area contributed by atoms with Gasteiger partial charge in [-0.2, -0.15) is 0 Å². The highest BCUT2D eigenvalue weighted by atomic mass is 16.1. The predicted octanol–water partition coefficient (Wildman–Crippen LogP) is -0.0627. The minimum absolute atomic E-state index is 0.215. The normalized spacial score (nSPS) is 48.0. The van der Waals surface area contributed by atoms with Crippen molar-refractivity contribution in [3.05, 3.63) is 0 Å². The number of piperidine rings is 1. The average Bonchev–Trinajstić information content (AvgIpc) is 2.24. The van der Waals surface area contributed by atoms with Crippen molar-refractivity contribution in [1.29, 1.82) is 0 Å². The van der Waals surface area contributed by atoms with Crippen LogP contribution in [0, 0.1) is 5.92 Å². The fourth-order valence-corrected chi connectivity index (χ4v) is 1.53. The van der Waals surface area contributed by atoms with Gasteiger partial charge in [0.05, 0.1) is 0 Å². The number of Topliss-reactive ketones (excluding diaryl/α,β-unsaturated/α-hetero) is 1. The van der Waals surface area contributed by atoms with Crippen molar-refractivity contribution in [1.82, 2.24) is 5.31 Å². The molecule has 2 atom stereocenters. The number of ketones is 1. The number of carbonyl (C=O) groups excluding carboxylic acids is 1. The molecule has 1 saturated heterocycles. The predicted molar refractivity (Wildman–Crippen MR) is 29.5 cm³/mol. The van der Waals surface area contributed by atoms with Gasteiger partial charge in [0, 0.05) is 24.9 Å². The van der Waals surface area contributed by atoms with Gasteiger partial charge in [-0.25, -0.2) is 0 Å². The summed E-state index contributed by atoms with van der Waals surface area (Å²) in [6.07, 6.45) is 1.58. The van der Waals surface area contributed by atoms with Gasteiger partial charge < -0.3 is 5.31 Å². The lowest BCUT2D eigenvalue weighted by molar-refractivity contribution is -0.121. The number of nitrogens with one attached hydrogen (secondary N) is 1. The van der Waals surface area contributed by atoms with Crippen molar-refractivity contribution >= 4 is 5.78 Å². The molecule has 2 fully saturated rings. The lowest BCUT2D eigenvalue weighted by Crippen LogP contribution is -2.29. The van der Waals surface area contributed by atoms with E-state index in [1.165, 1.54) is 0 Å². The second-order valence-corrected chi connectivity index (χ2v) is 2.62. The van der Waals surface area contributed by atoms with E-state index in [9.17, 15) is 4.79 Å². The van der Waals surface area contributed by atoms with Crippen molar-refractivity contribution in [2.24, 2.45) is 5.92 Å². The molecule has 1 heterocycles. The van der Waals surface area contributed by atoms with Gasteiger partial charge >= 0.3 is 0 Å². The highest BCUT2D eigenvalue weighted by Crippen LogP contribution is 2.26. The molecule has 0 spiro atoms. The summed E-state index contributed by atoms with van der Waals surface area (Å²) >= 11 is 0. The first-order valence-corrected chi connectivity index (χ1v) is 3.05. The summed E-state index contributed by atoms with van der Waals surface area (Å²) < 4.78 is 7.29. The molecule has 44 valence electrons. The molecule has 0 unspecified atom stereocenters. The smallest absolute Gasteiger partial charge is 0.138 e. The van der Waals surface area contributed by atoms with Crippen LogP contribution in [0.2, 0.25) is 1.41 Å². The van der Waals surface area contributed by atoms with Gasteiger partial charge in [-0.05, 0) is 6.42 Å². The molecule has 2 aliphatic rings. The first-order valence-electron chi connectivity index (χ1n) is 3.50. The Labute approximate surface area is 49.7 Å². The molecule has 8 heavy (non-hydrogen) atoms. The van der Waals surface area contributed by atoms with Crippen LogP contribution in [0.15, 0.2) is 0 Å². The van der Waals surface area contributed by atoms with Crippen molar-refractivity contribution < 1.29 is 6.21 Å². The standard InChI is InChI=1S/C6H9NO/c8-6-2-5-1-4(6)3-7-5/h4-5,7H,1-3H2/t4-,5-/m1/s1/i/hD. The van der Waals surface area contributed by atoms with E-state index >= 15 is 0 Å². The summed E-state index contributed by atoms with van der Waals surface area (Å²) in [7, 11) is 0. The molecule has 0 aromatic carbocycles. The number of hydrogen-bond donors (Lipinski definition) is 1. The summed E-state index contributed by atoms with van der Waals surface area (Å²) in [5.74, 6) is 0.594. The third-order valence-corrected chi connectivity index (χ3v) is 2.03. The molecule has 0 aromatic rings. The number of rotatable bonds is 0. The first kappa shape index (κ1) is 3.62. The Balaban J connectivity index is 2.19. The lowest BCUT2D eigenvalue weighted by Gasteiger charge is -2.07. The van der Waals surface area contributed by atoms with Crippen LogP contribution in [0.4, 0.5) is 0 Å². The van der Waals surface area contributed by atoms with Gasteiger partial charge in [0.2, 0.25) is 0 Å². The van der Waals surface area contributed by atoms with Gasteiger partial charge in [-0.1, -0.05) is 0 Å². The van der Waals surface area contributed by atoms with E-state index in [4.69, 9.17) is 1.41 Å². The topological polar surface area (TPSA) is 29.1 Å². The van der Waals surface area contributed by atoms with Gasteiger partial charge in [0.15, 0.2) is 0 Å². The van der Waals surface area contributed by atoms with Gasteiger partial charge in [0.25, 0.3) is 0 Å². The third kappa shape index (κ3) is 0.436. The summed E-state index contributed by atoms with van der Waals surface area (Å²) in [6, 6.07) is 0.266. The van der Waals surface area contributed by atoms with Crippen LogP contribution < -0.4 is 5.31 Å². The quantitative estimate of drug-likeness (QED) is 0.475. The van der Waals surface area contributed by atoms with E-state index in [0.717, 1.165) is 6.42 Å². The van der Waals surface area contributed by atoms with E-state index < -0.39 is 0 Å². The van der Waals surface area contributed by atoms with E-state index in [0.29, 0.717) is 18.7 Å². The van der Waals surface area contributed by atoms with E-state index in [1.807, 2.05) is 0 Å². The molecule has 1 aliphatic heterocycles. The Bertz CT molecular complexity index is 157. The first-order chi connectivity index (χ1) is 4.27. The Morgan fingerprint density at radius 3 is 3.12 bits per heavy atom. The van der Waals surface area contributed by atoms with Gasteiger partial charge in [-0.3, -0.25) is 4.79 Å². The fourth-order valence-electron chi connectivity index (χ4n) is 1.53. The second kappa shape index (κ2) is 1.32. The number of fused-ring (bicyclic) bond motifs is 2.